The molecule has 1 unspecified atom stereocenters. The van der Waals surface area contributed by atoms with Gasteiger partial charge in [-0.15, -0.1) is 0 Å². The predicted molar refractivity (Wildman–Crippen MR) is 107 cm³/mol. The number of guanidine groups is 1. The van der Waals surface area contributed by atoms with Crippen LogP contribution in [0, 0.1) is 0 Å². The molecule has 0 spiro atoms. The number of morpholine rings is 1. The lowest BCUT2D eigenvalue weighted by atomic mass is 10.0. The van der Waals surface area contributed by atoms with Crippen LogP contribution in [0.25, 0.3) is 0 Å². The third-order valence-corrected chi connectivity index (χ3v) is 4.69. The van der Waals surface area contributed by atoms with Crippen LogP contribution in [-0.2, 0) is 15.7 Å². The van der Waals surface area contributed by atoms with Crippen LogP contribution in [0.15, 0.2) is 29.3 Å². The molecule has 1 atom stereocenters. The van der Waals surface area contributed by atoms with Crippen LogP contribution >= 0.6 is 0 Å². The largest absolute Gasteiger partial charge is 0.416 e. The Morgan fingerprint density at radius 3 is 2.48 bits per heavy atom. The van der Waals surface area contributed by atoms with Crippen LogP contribution in [0.3, 0.4) is 0 Å². The normalized spacial score (nSPS) is 17.2. The quantitative estimate of drug-likeness (QED) is 0.368. The van der Waals surface area contributed by atoms with Crippen LogP contribution in [0.2, 0.25) is 0 Å². The van der Waals surface area contributed by atoms with Crippen molar-refractivity contribution in [3.63, 3.8) is 0 Å². The first kappa shape index (κ1) is 23.4. The Balaban J connectivity index is 2.14. The van der Waals surface area contributed by atoms with Crippen molar-refractivity contribution in [2.75, 3.05) is 59.7 Å². The van der Waals surface area contributed by atoms with Crippen LogP contribution in [0.1, 0.15) is 30.5 Å². The van der Waals surface area contributed by atoms with E-state index in [0.717, 1.165) is 50.3 Å². The minimum atomic E-state index is -4.34. The van der Waals surface area contributed by atoms with E-state index in [9.17, 15) is 13.2 Å². The van der Waals surface area contributed by atoms with E-state index in [4.69, 9.17) is 9.47 Å². The summed E-state index contributed by atoms with van der Waals surface area (Å²) in [5, 5.41) is 6.47. The van der Waals surface area contributed by atoms with Crippen molar-refractivity contribution in [1.29, 1.82) is 0 Å². The van der Waals surface area contributed by atoms with Gasteiger partial charge in [0.05, 0.1) is 31.4 Å². The van der Waals surface area contributed by atoms with Crippen molar-refractivity contribution in [1.82, 2.24) is 15.5 Å². The number of aliphatic imine (C=N–C) groups is 1. The molecule has 164 valence electrons. The van der Waals surface area contributed by atoms with E-state index in [0.29, 0.717) is 32.3 Å². The Morgan fingerprint density at radius 1 is 1.21 bits per heavy atom. The average molecular weight is 416 g/mol. The average Bonchev–Trinajstić information content (AvgIpc) is 2.72. The first-order valence-corrected chi connectivity index (χ1v) is 9.95. The molecule has 0 aromatic heterocycles. The van der Waals surface area contributed by atoms with Crippen molar-refractivity contribution < 1.29 is 22.6 Å². The lowest BCUT2D eigenvalue weighted by molar-refractivity contribution is -0.137. The molecule has 2 N–H and O–H groups in total. The van der Waals surface area contributed by atoms with E-state index in [1.165, 1.54) is 0 Å². The standard InChI is InChI=1S/C20H31F3N4O2/c1-3-24-19(25-9-4-12-28-2)26-15-18(27-10-13-29-14-11-27)16-5-7-17(8-6-16)20(21,22)23/h5-8,18H,3-4,9-15H2,1-2H3,(H2,24,25,26). The van der Waals surface area contributed by atoms with E-state index in [1.54, 1.807) is 19.2 Å². The molecule has 0 aliphatic carbocycles. The fourth-order valence-electron chi connectivity index (χ4n) is 3.16. The topological polar surface area (TPSA) is 58.1 Å². The van der Waals surface area contributed by atoms with E-state index < -0.39 is 11.7 Å². The van der Waals surface area contributed by atoms with Gasteiger partial charge < -0.3 is 20.1 Å². The summed E-state index contributed by atoms with van der Waals surface area (Å²) in [4.78, 5) is 6.90. The Morgan fingerprint density at radius 2 is 1.90 bits per heavy atom. The van der Waals surface area contributed by atoms with Gasteiger partial charge in [0.1, 0.15) is 0 Å². The SMILES string of the molecule is CCNC(=NCC(c1ccc(C(F)(F)F)cc1)N1CCOCC1)NCCCOC. The highest BCUT2D eigenvalue weighted by Gasteiger charge is 2.31. The van der Waals surface area contributed by atoms with Gasteiger partial charge >= 0.3 is 6.18 Å². The summed E-state index contributed by atoms with van der Waals surface area (Å²) in [6, 6.07) is 5.27. The molecule has 29 heavy (non-hydrogen) atoms. The number of ether oxygens (including phenoxy) is 2. The Labute approximate surface area is 170 Å². The van der Waals surface area contributed by atoms with E-state index in [2.05, 4.69) is 20.5 Å². The fraction of sp³-hybridized carbons (Fsp3) is 0.650. The third-order valence-electron chi connectivity index (χ3n) is 4.69. The minimum absolute atomic E-state index is 0.115. The summed E-state index contributed by atoms with van der Waals surface area (Å²) >= 11 is 0. The first-order chi connectivity index (χ1) is 14.0. The zero-order valence-electron chi connectivity index (χ0n) is 17.1. The monoisotopic (exact) mass is 416 g/mol. The molecule has 2 rings (SSSR count). The maximum atomic E-state index is 12.9. The van der Waals surface area contributed by atoms with Gasteiger partial charge in [0.25, 0.3) is 0 Å². The Hall–Kier alpha value is -1.84. The second kappa shape index (κ2) is 12.0. The van der Waals surface area contributed by atoms with Crippen molar-refractivity contribution >= 4 is 5.96 Å². The number of hydrogen-bond donors (Lipinski definition) is 2. The number of methoxy groups -OCH3 is 1. The number of benzene rings is 1. The summed E-state index contributed by atoms with van der Waals surface area (Å²) in [6.07, 6.45) is -3.48. The third kappa shape index (κ3) is 7.83. The number of hydrogen-bond acceptors (Lipinski definition) is 4. The Kier molecular flexibility index (Phi) is 9.69. The second-order valence-corrected chi connectivity index (χ2v) is 6.78. The van der Waals surface area contributed by atoms with Crippen molar-refractivity contribution in [2.45, 2.75) is 25.6 Å². The summed E-state index contributed by atoms with van der Waals surface area (Å²) in [5.41, 5.74) is 0.178. The number of nitrogens with one attached hydrogen (secondary N) is 2. The maximum absolute atomic E-state index is 12.9. The molecule has 1 aliphatic rings. The molecule has 1 aliphatic heterocycles. The zero-order valence-corrected chi connectivity index (χ0v) is 17.1. The van der Waals surface area contributed by atoms with Crippen molar-refractivity contribution in [3.05, 3.63) is 35.4 Å². The zero-order chi connectivity index (χ0) is 21.1. The molecule has 1 aromatic rings. The van der Waals surface area contributed by atoms with Crippen LogP contribution in [0.4, 0.5) is 13.2 Å². The van der Waals surface area contributed by atoms with Crippen LogP contribution in [-0.4, -0.2) is 70.5 Å². The molecule has 1 heterocycles. The van der Waals surface area contributed by atoms with Crippen molar-refractivity contribution in [2.24, 2.45) is 4.99 Å². The van der Waals surface area contributed by atoms with Gasteiger partial charge in [-0.05, 0) is 31.0 Å². The molecular weight excluding hydrogens is 385 g/mol. The van der Waals surface area contributed by atoms with E-state index in [1.807, 2.05) is 6.92 Å². The number of halogens is 3. The molecular formula is C20H31F3N4O2. The van der Waals surface area contributed by atoms with Gasteiger partial charge in [-0.1, -0.05) is 12.1 Å². The molecule has 0 radical (unpaired) electrons. The molecule has 6 nitrogen and oxygen atoms in total. The highest BCUT2D eigenvalue weighted by molar-refractivity contribution is 5.79. The van der Waals surface area contributed by atoms with Gasteiger partial charge in [-0.2, -0.15) is 13.2 Å². The highest BCUT2D eigenvalue weighted by Crippen LogP contribution is 2.31. The maximum Gasteiger partial charge on any atom is 0.416 e. The summed E-state index contributed by atoms with van der Waals surface area (Å²) in [5.74, 6) is 0.689. The molecule has 9 heteroatoms. The lowest BCUT2D eigenvalue weighted by Crippen LogP contribution is -2.42. The molecule has 0 bridgehead atoms. The van der Waals surface area contributed by atoms with E-state index in [-0.39, 0.29) is 6.04 Å². The van der Waals surface area contributed by atoms with Crippen LogP contribution in [0.5, 0.6) is 0 Å². The van der Waals surface area contributed by atoms with Gasteiger partial charge in [0.2, 0.25) is 0 Å². The van der Waals surface area contributed by atoms with Crippen LogP contribution < -0.4 is 10.6 Å². The van der Waals surface area contributed by atoms with E-state index >= 15 is 0 Å². The Bertz CT molecular complexity index is 617. The first-order valence-electron chi connectivity index (χ1n) is 9.95. The predicted octanol–water partition coefficient (Wildman–Crippen LogP) is 2.67. The van der Waals surface area contributed by atoms with Gasteiger partial charge in [-0.25, -0.2) is 0 Å². The number of nitrogens with zero attached hydrogens (tertiary/aromatic N) is 2. The van der Waals surface area contributed by atoms with Gasteiger partial charge in [0.15, 0.2) is 5.96 Å². The highest BCUT2D eigenvalue weighted by atomic mass is 19.4. The molecule has 0 amide bonds. The molecule has 1 fully saturated rings. The smallest absolute Gasteiger partial charge is 0.385 e. The lowest BCUT2D eigenvalue weighted by Gasteiger charge is -2.34. The molecule has 1 aromatic carbocycles. The molecule has 0 saturated carbocycles. The number of alkyl halides is 3. The van der Waals surface area contributed by atoms with Crippen molar-refractivity contribution in [3.8, 4) is 0 Å². The second-order valence-electron chi connectivity index (χ2n) is 6.78. The van der Waals surface area contributed by atoms with Gasteiger partial charge in [0, 0.05) is 39.9 Å². The number of rotatable bonds is 9. The molecule has 1 saturated heterocycles. The summed E-state index contributed by atoms with van der Waals surface area (Å²) in [7, 11) is 1.66. The summed E-state index contributed by atoms with van der Waals surface area (Å²) < 4.78 is 49.2. The van der Waals surface area contributed by atoms with Gasteiger partial charge in [-0.3, -0.25) is 9.89 Å². The fourth-order valence-corrected chi connectivity index (χ4v) is 3.16. The summed E-state index contributed by atoms with van der Waals surface area (Å²) in [6.45, 7) is 7.19. The minimum Gasteiger partial charge on any atom is -0.385 e.